The number of aromatic hydroxyl groups is 1. The highest BCUT2D eigenvalue weighted by molar-refractivity contribution is 5.87. The lowest BCUT2D eigenvalue weighted by atomic mass is 10.1. The molecule has 3 rings (SSSR count). The summed E-state index contributed by atoms with van der Waals surface area (Å²) in [4.78, 5) is 18.2. The molecule has 0 radical (unpaired) electrons. The van der Waals surface area contributed by atoms with Gasteiger partial charge in [-0.1, -0.05) is 6.07 Å². The topological polar surface area (TPSA) is 83.3 Å². The third kappa shape index (κ3) is 5.88. The summed E-state index contributed by atoms with van der Waals surface area (Å²) in [5, 5.41) is 17.2. The molecule has 5 heteroatoms. The molecular formula is C19H18N2O3. The number of carbonyl (C=O) groups is 1. The average molecular weight is 322 g/mol. The Morgan fingerprint density at radius 1 is 0.833 bits per heavy atom. The zero-order valence-electron chi connectivity index (χ0n) is 13.0. The number of benzene rings is 1. The van der Waals surface area contributed by atoms with Gasteiger partial charge in [0.05, 0.1) is 5.56 Å². The SMILES string of the molecule is O=C(O)c1cccc(O)c1.c1cc(CCc2ccncc2)ccn1. The van der Waals surface area contributed by atoms with Crippen molar-refractivity contribution in [3.05, 3.63) is 90.0 Å². The Kier molecular flexibility index (Phi) is 6.46. The Hall–Kier alpha value is -3.21. The van der Waals surface area contributed by atoms with E-state index in [1.807, 2.05) is 24.8 Å². The molecule has 0 unspecified atom stereocenters. The molecule has 0 atom stereocenters. The summed E-state index contributed by atoms with van der Waals surface area (Å²) >= 11 is 0. The van der Waals surface area contributed by atoms with E-state index in [4.69, 9.17) is 10.2 Å². The first-order valence-electron chi connectivity index (χ1n) is 7.45. The molecule has 2 heterocycles. The number of aromatic carboxylic acids is 1. The van der Waals surface area contributed by atoms with Crippen LogP contribution in [0, 0.1) is 0 Å². The molecule has 2 aromatic heterocycles. The molecule has 122 valence electrons. The molecule has 0 fully saturated rings. The van der Waals surface area contributed by atoms with Gasteiger partial charge in [0.15, 0.2) is 0 Å². The summed E-state index contributed by atoms with van der Waals surface area (Å²) in [6.45, 7) is 0. The molecule has 0 spiro atoms. The van der Waals surface area contributed by atoms with Crippen LogP contribution in [-0.2, 0) is 12.8 Å². The maximum absolute atomic E-state index is 10.2. The lowest BCUT2D eigenvalue weighted by molar-refractivity contribution is 0.0696. The van der Waals surface area contributed by atoms with Crippen LogP contribution in [0.5, 0.6) is 5.75 Å². The number of phenolic OH excluding ortho intramolecular Hbond substituents is 1. The summed E-state index contributed by atoms with van der Waals surface area (Å²) in [5.74, 6) is -1.06. The predicted octanol–water partition coefficient (Wildman–Crippen LogP) is 3.35. The van der Waals surface area contributed by atoms with Crippen molar-refractivity contribution in [1.29, 1.82) is 0 Å². The van der Waals surface area contributed by atoms with E-state index in [1.54, 1.807) is 0 Å². The molecule has 1 aromatic carbocycles. The molecule has 0 bridgehead atoms. The van der Waals surface area contributed by atoms with Crippen LogP contribution in [0.4, 0.5) is 0 Å². The third-order valence-electron chi connectivity index (χ3n) is 3.29. The average Bonchev–Trinajstić information content (AvgIpc) is 2.62. The van der Waals surface area contributed by atoms with Crippen LogP contribution < -0.4 is 0 Å². The van der Waals surface area contributed by atoms with E-state index in [9.17, 15) is 4.79 Å². The van der Waals surface area contributed by atoms with Crippen molar-refractivity contribution in [2.45, 2.75) is 12.8 Å². The van der Waals surface area contributed by atoms with Crippen molar-refractivity contribution < 1.29 is 15.0 Å². The van der Waals surface area contributed by atoms with E-state index in [1.165, 1.54) is 35.4 Å². The van der Waals surface area contributed by atoms with Crippen LogP contribution in [0.25, 0.3) is 0 Å². The third-order valence-corrected chi connectivity index (χ3v) is 3.29. The summed E-state index contributed by atoms with van der Waals surface area (Å²) in [6, 6.07) is 13.8. The number of hydrogen-bond donors (Lipinski definition) is 2. The highest BCUT2D eigenvalue weighted by Crippen LogP contribution is 2.10. The minimum atomic E-state index is -1.03. The van der Waals surface area contributed by atoms with E-state index in [-0.39, 0.29) is 11.3 Å². The van der Waals surface area contributed by atoms with Gasteiger partial charge >= 0.3 is 5.97 Å². The van der Waals surface area contributed by atoms with Gasteiger partial charge in [-0.2, -0.15) is 0 Å². The summed E-state index contributed by atoms with van der Waals surface area (Å²) in [5.41, 5.74) is 2.76. The second-order valence-electron chi connectivity index (χ2n) is 5.07. The molecule has 0 aliphatic rings. The zero-order chi connectivity index (χ0) is 17.2. The Balaban J connectivity index is 0.000000185. The second-order valence-corrected chi connectivity index (χ2v) is 5.07. The van der Waals surface area contributed by atoms with E-state index in [2.05, 4.69) is 34.2 Å². The molecule has 2 N–H and O–H groups in total. The number of phenols is 1. The van der Waals surface area contributed by atoms with Gasteiger partial charge in [-0.05, 0) is 66.4 Å². The monoisotopic (exact) mass is 322 g/mol. The lowest BCUT2D eigenvalue weighted by Gasteiger charge is -2.00. The van der Waals surface area contributed by atoms with Gasteiger partial charge in [-0.25, -0.2) is 4.79 Å². The Morgan fingerprint density at radius 3 is 1.71 bits per heavy atom. The van der Waals surface area contributed by atoms with Gasteiger partial charge in [0.25, 0.3) is 0 Å². The minimum Gasteiger partial charge on any atom is -0.508 e. The van der Waals surface area contributed by atoms with Crippen LogP contribution >= 0.6 is 0 Å². The van der Waals surface area contributed by atoms with Crippen molar-refractivity contribution in [2.24, 2.45) is 0 Å². The van der Waals surface area contributed by atoms with Crippen molar-refractivity contribution in [1.82, 2.24) is 9.97 Å². The van der Waals surface area contributed by atoms with Crippen LogP contribution in [0.1, 0.15) is 21.5 Å². The van der Waals surface area contributed by atoms with E-state index in [0.29, 0.717) is 0 Å². The molecule has 3 aromatic rings. The predicted molar refractivity (Wildman–Crippen MR) is 90.9 cm³/mol. The van der Waals surface area contributed by atoms with Gasteiger partial charge in [-0.15, -0.1) is 0 Å². The minimum absolute atomic E-state index is 0.0279. The normalized spacial score (nSPS) is 9.67. The van der Waals surface area contributed by atoms with Crippen molar-refractivity contribution in [3.8, 4) is 5.75 Å². The number of aryl methyl sites for hydroxylation is 2. The van der Waals surface area contributed by atoms with E-state index < -0.39 is 5.97 Å². The largest absolute Gasteiger partial charge is 0.508 e. The maximum Gasteiger partial charge on any atom is 0.335 e. The lowest BCUT2D eigenvalue weighted by Crippen LogP contribution is -1.94. The zero-order valence-corrected chi connectivity index (χ0v) is 13.0. The number of hydrogen-bond acceptors (Lipinski definition) is 4. The maximum atomic E-state index is 10.2. The van der Waals surface area contributed by atoms with Crippen LogP contribution in [0.3, 0.4) is 0 Å². The second kappa shape index (κ2) is 9.05. The number of carboxylic acid groups (broad SMARTS) is 1. The summed E-state index contributed by atoms with van der Waals surface area (Å²) < 4.78 is 0. The number of rotatable bonds is 4. The van der Waals surface area contributed by atoms with E-state index >= 15 is 0 Å². The smallest absolute Gasteiger partial charge is 0.335 e. The fourth-order valence-electron chi connectivity index (χ4n) is 2.03. The molecular weight excluding hydrogens is 304 g/mol. The molecule has 0 aliphatic heterocycles. The van der Waals surface area contributed by atoms with Crippen molar-refractivity contribution in [3.63, 3.8) is 0 Å². The quantitative estimate of drug-likeness (QED) is 0.769. The number of nitrogens with zero attached hydrogens (tertiary/aromatic N) is 2. The number of aromatic nitrogens is 2. The van der Waals surface area contributed by atoms with E-state index in [0.717, 1.165) is 12.8 Å². The molecule has 0 saturated carbocycles. The first kappa shape index (κ1) is 17.1. The molecule has 24 heavy (non-hydrogen) atoms. The summed E-state index contributed by atoms with van der Waals surface area (Å²) in [6.07, 6.45) is 9.46. The number of pyridine rings is 2. The highest BCUT2D eigenvalue weighted by atomic mass is 16.4. The van der Waals surface area contributed by atoms with Crippen LogP contribution in [0.2, 0.25) is 0 Å². The first-order valence-corrected chi connectivity index (χ1v) is 7.45. The van der Waals surface area contributed by atoms with Gasteiger partial charge in [0.2, 0.25) is 0 Å². The number of carboxylic acids is 1. The van der Waals surface area contributed by atoms with Gasteiger partial charge in [-0.3, -0.25) is 9.97 Å². The first-order chi connectivity index (χ1) is 11.6. The van der Waals surface area contributed by atoms with Crippen LogP contribution in [-0.4, -0.2) is 26.2 Å². The Bertz CT molecular complexity index is 722. The molecule has 0 aliphatic carbocycles. The Labute approximate surface area is 140 Å². The molecule has 0 saturated heterocycles. The standard InChI is InChI=1S/C12H12N2.C7H6O3/c1(11-3-7-13-8-4-11)2-12-5-9-14-10-6-12;8-6-3-1-2-5(4-6)7(9)10/h3-10H,1-2H2;1-4,8H,(H,9,10). The fourth-order valence-corrected chi connectivity index (χ4v) is 2.03. The fraction of sp³-hybridized carbons (Fsp3) is 0.105. The molecule has 5 nitrogen and oxygen atoms in total. The van der Waals surface area contributed by atoms with Gasteiger partial charge in [0.1, 0.15) is 5.75 Å². The Morgan fingerprint density at radius 2 is 1.33 bits per heavy atom. The highest BCUT2D eigenvalue weighted by Gasteiger charge is 2.00. The summed E-state index contributed by atoms with van der Waals surface area (Å²) in [7, 11) is 0. The van der Waals surface area contributed by atoms with Gasteiger partial charge < -0.3 is 10.2 Å². The molecule has 0 amide bonds. The van der Waals surface area contributed by atoms with Gasteiger partial charge in [0, 0.05) is 24.8 Å². The van der Waals surface area contributed by atoms with Crippen LogP contribution in [0.15, 0.2) is 73.3 Å². The van der Waals surface area contributed by atoms with Crippen molar-refractivity contribution in [2.75, 3.05) is 0 Å². The van der Waals surface area contributed by atoms with Crippen molar-refractivity contribution >= 4 is 5.97 Å².